The third-order valence-electron chi connectivity index (χ3n) is 4.74. The summed E-state index contributed by atoms with van der Waals surface area (Å²) in [7, 11) is 0. The largest absolute Gasteiger partial charge is 0.363 e. The molecule has 0 spiro atoms. The van der Waals surface area contributed by atoms with Gasteiger partial charge in [-0.2, -0.15) is 5.26 Å². The molecule has 22 heavy (non-hydrogen) atoms. The van der Waals surface area contributed by atoms with Gasteiger partial charge in [0.25, 0.3) is 0 Å². The van der Waals surface area contributed by atoms with Gasteiger partial charge in [0.15, 0.2) is 5.54 Å². The van der Waals surface area contributed by atoms with Crippen molar-refractivity contribution >= 4 is 5.69 Å². The van der Waals surface area contributed by atoms with Crippen molar-refractivity contribution < 1.29 is 0 Å². The van der Waals surface area contributed by atoms with Crippen LogP contribution in [0.1, 0.15) is 37.7 Å². The van der Waals surface area contributed by atoms with Crippen LogP contribution in [0.15, 0.2) is 60.7 Å². The topological polar surface area (TPSA) is 35.8 Å². The summed E-state index contributed by atoms with van der Waals surface area (Å²) in [6.07, 6.45) is 5.96. The van der Waals surface area contributed by atoms with E-state index in [1.54, 1.807) is 0 Å². The fourth-order valence-electron chi connectivity index (χ4n) is 3.58. The zero-order valence-corrected chi connectivity index (χ0v) is 12.8. The smallest absolute Gasteiger partial charge is 0.153 e. The second-order valence-electron chi connectivity index (χ2n) is 6.11. The molecule has 0 aromatic heterocycles. The van der Waals surface area contributed by atoms with E-state index < -0.39 is 5.54 Å². The van der Waals surface area contributed by atoms with Crippen LogP contribution in [0.4, 0.5) is 5.69 Å². The van der Waals surface area contributed by atoms with E-state index in [0.29, 0.717) is 5.92 Å². The highest BCUT2D eigenvalue weighted by Crippen LogP contribution is 2.41. The molecule has 1 aliphatic rings. The third kappa shape index (κ3) is 2.85. The maximum absolute atomic E-state index is 10.1. The molecule has 112 valence electrons. The summed E-state index contributed by atoms with van der Waals surface area (Å²) < 4.78 is 0. The zero-order chi connectivity index (χ0) is 15.3. The molecule has 0 saturated heterocycles. The number of para-hydroxylation sites is 1. The molecule has 2 nitrogen and oxygen atoms in total. The van der Waals surface area contributed by atoms with Crippen LogP contribution in [0.5, 0.6) is 0 Å². The minimum absolute atomic E-state index is 0.355. The molecule has 0 heterocycles. The summed E-state index contributed by atoms with van der Waals surface area (Å²) in [5.41, 5.74) is 1.45. The molecule has 1 saturated carbocycles. The quantitative estimate of drug-likeness (QED) is 0.850. The SMILES string of the molecule is N#CC(Nc1ccccc1)(c1ccccc1)C1CCCCC1. The number of rotatable bonds is 4. The Morgan fingerprint density at radius 2 is 1.45 bits per heavy atom. The lowest BCUT2D eigenvalue weighted by molar-refractivity contribution is 0.274. The first-order valence-corrected chi connectivity index (χ1v) is 8.15. The second-order valence-corrected chi connectivity index (χ2v) is 6.11. The minimum atomic E-state index is -0.636. The Kier molecular flexibility index (Phi) is 4.44. The Balaban J connectivity index is 2.02. The monoisotopic (exact) mass is 290 g/mol. The normalized spacial score (nSPS) is 18.1. The summed E-state index contributed by atoms with van der Waals surface area (Å²) in [5.74, 6) is 0.355. The van der Waals surface area contributed by atoms with Gasteiger partial charge in [0, 0.05) is 5.69 Å². The van der Waals surface area contributed by atoms with E-state index in [1.807, 2.05) is 48.5 Å². The van der Waals surface area contributed by atoms with Gasteiger partial charge in [-0.25, -0.2) is 0 Å². The maximum Gasteiger partial charge on any atom is 0.153 e. The van der Waals surface area contributed by atoms with Crippen molar-refractivity contribution in [2.45, 2.75) is 37.6 Å². The lowest BCUT2D eigenvalue weighted by Gasteiger charge is -2.39. The molecule has 1 aliphatic carbocycles. The van der Waals surface area contributed by atoms with Gasteiger partial charge < -0.3 is 5.32 Å². The van der Waals surface area contributed by atoms with Crippen LogP contribution in [0.3, 0.4) is 0 Å². The average Bonchev–Trinajstić information content (AvgIpc) is 2.62. The summed E-state index contributed by atoms with van der Waals surface area (Å²) in [4.78, 5) is 0. The van der Waals surface area contributed by atoms with E-state index in [0.717, 1.165) is 24.1 Å². The zero-order valence-electron chi connectivity index (χ0n) is 12.8. The van der Waals surface area contributed by atoms with Gasteiger partial charge in [-0.3, -0.25) is 0 Å². The van der Waals surface area contributed by atoms with E-state index >= 15 is 0 Å². The molecule has 1 fully saturated rings. The van der Waals surface area contributed by atoms with Crippen molar-refractivity contribution in [1.82, 2.24) is 0 Å². The number of nitrogens with zero attached hydrogens (tertiary/aromatic N) is 1. The highest BCUT2D eigenvalue weighted by molar-refractivity contribution is 5.51. The van der Waals surface area contributed by atoms with Crippen LogP contribution < -0.4 is 5.32 Å². The number of nitriles is 1. The lowest BCUT2D eigenvalue weighted by Crippen LogP contribution is -2.42. The number of anilines is 1. The van der Waals surface area contributed by atoms with Crippen LogP contribution in [0, 0.1) is 17.2 Å². The van der Waals surface area contributed by atoms with Crippen molar-refractivity contribution in [3.63, 3.8) is 0 Å². The average molecular weight is 290 g/mol. The third-order valence-corrected chi connectivity index (χ3v) is 4.74. The fourth-order valence-corrected chi connectivity index (χ4v) is 3.58. The maximum atomic E-state index is 10.1. The first-order chi connectivity index (χ1) is 10.8. The predicted octanol–water partition coefficient (Wildman–Crippen LogP) is 5.10. The molecule has 1 atom stereocenters. The van der Waals surface area contributed by atoms with Crippen molar-refractivity contribution in [3.8, 4) is 6.07 Å². The fraction of sp³-hybridized carbons (Fsp3) is 0.350. The van der Waals surface area contributed by atoms with Crippen molar-refractivity contribution in [2.24, 2.45) is 5.92 Å². The number of benzene rings is 2. The molecule has 2 aromatic carbocycles. The molecule has 0 amide bonds. The first kappa shape index (κ1) is 14.7. The van der Waals surface area contributed by atoms with Crippen molar-refractivity contribution in [1.29, 1.82) is 5.26 Å². The predicted molar refractivity (Wildman–Crippen MR) is 90.4 cm³/mol. The van der Waals surface area contributed by atoms with Crippen LogP contribution in [-0.2, 0) is 5.54 Å². The lowest BCUT2D eigenvalue weighted by atomic mass is 9.71. The van der Waals surface area contributed by atoms with Gasteiger partial charge in [0.1, 0.15) is 0 Å². The van der Waals surface area contributed by atoms with Crippen molar-refractivity contribution in [3.05, 3.63) is 66.2 Å². The Morgan fingerprint density at radius 1 is 0.864 bits per heavy atom. The van der Waals surface area contributed by atoms with E-state index in [-0.39, 0.29) is 0 Å². The summed E-state index contributed by atoms with van der Waals surface area (Å²) in [5, 5.41) is 13.7. The summed E-state index contributed by atoms with van der Waals surface area (Å²) >= 11 is 0. The molecule has 0 bridgehead atoms. The molecular formula is C20H22N2. The minimum Gasteiger partial charge on any atom is -0.363 e. The highest BCUT2D eigenvalue weighted by Gasteiger charge is 2.41. The van der Waals surface area contributed by atoms with Crippen LogP contribution in [0.2, 0.25) is 0 Å². The van der Waals surface area contributed by atoms with Gasteiger partial charge in [0.05, 0.1) is 6.07 Å². The molecule has 1 unspecified atom stereocenters. The molecule has 2 aromatic rings. The second kappa shape index (κ2) is 6.66. The first-order valence-electron chi connectivity index (χ1n) is 8.15. The van der Waals surface area contributed by atoms with Gasteiger partial charge >= 0.3 is 0 Å². The molecule has 3 rings (SSSR count). The Labute approximate surface area is 132 Å². The standard InChI is InChI=1S/C20H22N2/c21-16-20(17-10-4-1-5-11-17,18-12-6-2-7-13-18)22-19-14-8-3-9-15-19/h1,3-5,8-11,14-15,18,22H,2,6-7,12-13H2. The van der Waals surface area contributed by atoms with Gasteiger partial charge in [-0.15, -0.1) is 0 Å². The molecule has 0 aliphatic heterocycles. The highest BCUT2D eigenvalue weighted by atomic mass is 15.0. The molecular weight excluding hydrogens is 268 g/mol. The Morgan fingerprint density at radius 3 is 2.05 bits per heavy atom. The van der Waals surface area contributed by atoms with Crippen LogP contribution >= 0.6 is 0 Å². The summed E-state index contributed by atoms with van der Waals surface area (Å²) in [6, 6.07) is 23.0. The van der Waals surface area contributed by atoms with Crippen LogP contribution in [-0.4, -0.2) is 0 Å². The van der Waals surface area contributed by atoms with E-state index in [1.165, 1.54) is 19.3 Å². The molecule has 0 radical (unpaired) electrons. The Hall–Kier alpha value is -2.27. The Bertz CT molecular complexity index is 624. The molecule has 1 N–H and O–H groups in total. The molecule has 2 heteroatoms. The van der Waals surface area contributed by atoms with Gasteiger partial charge in [-0.05, 0) is 36.5 Å². The van der Waals surface area contributed by atoms with Gasteiger partial charge in [-0.1, -0.05) is 67.8 Å². The van der Waals surface area contributed by atoms with E-state index in [4.69, 9.17) is 0 Å². The number of hydrogen-bond donors (Lipinski definition) is 1. The van der Waals surface area contributed by atoms with E-state index in [9.17, 15) is 5.26 Å². The number of hydrogen-bond acceptors (Lipinski definition) is 2. The van der Waals surface area contributed by atoms with E-state index in [2.05, 4.69) is 23.5 Å². The van der Waals surface area contributed by atoms with Gasteiger partial charge in [0.2, 0.25) is 0 Å². The van der Waals surface area contributed by atoms with Crippen molar-refractivity contribution in [2.75, 3.05) is 5.32 Å². The van der Waals surface area contributed by atoms with Crippen LogP contribution in [0.25, 0.3) is 0 Å². The number of nitrogens with one attached hydrogen (secondary N) is 1. The summed E-state index contributed by atoms with van der Waals surface area (Å²) in [6.45, 7) is 0.